The molecule has 0 unspecified atom stereocenters. The molecular weight excluding hydrogens is 460 g/mol. The number of benzene rings is 2. The summed E-state index contributed by atoms with van der Waals surface area (Å²) >= 11 is 0. The Labute approximate surface area is 232 Å². The van der Waals surface area contributed by atoms with Crippen molar-refractivity contribution in [1.82, 2.24) is 0 Å². The van der Waals surface area contributed by atoms with E-state index in [0.29, 0.717) is 0 Å². The summed E-state index contributed by atoms with van der Waals surface area (Å²) in [5.74, 6) is 6.83. The van der Waals surface area contributed by atoms with Gasteiger partial charge in [0.2, 0.25) is 11.4 Å². The molecule has 0 aliphatic carbocycles. The largest absolute Gasteiger partial charge is 0.493 e. The van der Waals surface area contributed by atoms with Crippen molar-refractivity contribution >= 4 is 11.4 Å². The topological polar surface area (TPSA) is 25.3 Å². The van der Waals surface area contributed by atoms with E-state index < -0.39 is 0 Å². The van der Waals surface area contributed by atoms with E-state index in [9.17, 15) is 5.53 Å². The predicted molar refractivity (Wildman–Crippen MR) is 164 cm³/mol. The van der Waals surface area contributed by atoms with Crippen molar-refractivity contribution in [2.45, 2.75) is 117 Å². The molecule has 2 aromatic carbocycles. The molecule has 38 heavy (non-hydrogen) atoms. The van der Waals surface area contributed by atoms with Crippen LogP contribution < -0.4 is 0 Å². The highest BCUT2D eigenvalue weighted by Crippen LogP contribution is 2.35. The molecule has 2 heteroatoms. The van der Waals surface area contributed by atoms with E-state index in [1.807, 2.05) is 0 Å². The third kappa shape index (κ3) is 9.13. The molecule has 0 bridgehead atoms. The van der Waals surface area contributed by atoms with Gasteiger partial charge in [0.15, 0.2) is 0 Å². The summed E-state index contributed by atoms with van der Waals surface area (Å²) in [7, 11) is 0. The van der Waals surface area contributed by atoms with Crippen molar-refractivity contribution in [2.75, 3.05) is 0 Å². The fraction of sp³-hybridized carbons (Fsp3) is 0.500. The number of unbranched alkanes of at least 4 members (excludes halogenated alkanes) is 10. The van der Waals surface area contributed by atoms with E-state index in [1.54, 1.807) is 0 Å². The van der Waals surface area contributed by atoms with E-state index in [1.165, 1.54) is 86.5 Å². The molecule has 2 aromatic rings. The van der Waals surface area contributed by atoms with Crippen LogP contribution in [0.5, 0.6) is 0 Å². The Morgan fingerprint density at radius 2 is 1.11 bits per heavy atom. The van der Waals surface area contributed by atoms with Gasteiger partial charge >= 0.3 is 0 Å². The van der Waals surface area contributed by atoms with Gasteiger partial charge in [-0.15, -0.1) is 0 Å². The Bertz CT molecular complexity index is 1120. The Morgan fingerprint density at radius 3 is 1.66 bits per heavy atom. The maximum Gasteiger partial charge on any atom is 0.223 e. The molecule has 0 amide bonds. The Morgan fingerprint density at radius 1 is 0.605 bits per heavy atom. The highest BCUT2D eigenvalue weighted by molar-refractivity contribution is 5.81. The van der Waals surface area contributed by atoms with Crippen LogP contribution in [0.15, 0.2) is 60.2 Å². The second kappa shape index (κ2) is 16.8. The third-order valence-electron chi connectivity index (χ3n) is 7.47. The second-order valence-electron chi connectivity index (χ2n) is 10.7. The summed E-state index contributed by atoms with van der Waals surface area (Å²) in [6.45, 7) is 6.72. The number of nitrogens with zero attached hydrogens (tertiary/aromatic N) is 2. The average Bonchev–Trinajstić information content (AvgIpc) is 3.28. The number of hydrogen-bond donors (Lipinski definition) is 0. The minimum atomic E-state index is 0.792. The van der Waals surface area contributed by atoms with Crippen LogP contribution >= 0.6 is 0 Å². The second-order valence-corrected chi connectivity index (χ2v) is 10.7. The Hall–Kier alpha value is -2.92. The molecule has 0 atom stereocenters. The lowest BCUT2D eigenvalue weighted by Crippen LogP contribution is -2.02. The standard InChI is InChI=1S/C36H48N2/c1-4-7-10-11-12-13-14-15-16-17-20-34-29-35(32-25-21-30(22-26-32)18-8-5-2)38(37)36(34)33-27-23-31(24-28-33)19-9-6-3/h21-29H,4-16,18-19H2,1-3H3. The van der Waals surface area contributed by atoms with E-state index in [-0.39, 0.29) is 0 Å². The summed E-state index contributed by atoms with van der Waals surface area (Å²) in [5, 5.41) is 0. The highest BCUT2D eigenvalue weighted by Gasteiger charge is 2.28. The van der Waals surface area contributed by atoms with Crippen LogP contribution in [0, 0.1) is 11.8 Å². The molecule has 3 rings (SSSR count). The van der Waals surface area contributed by atoms with Gasteiger partial charge in [-0.2, -0.15) is 0 Å². The van der Waals surface area contributed by atoms with Crippen LogP contribution in [0.25, 0.3) is 16.9 Å². The molecule has 1 aliphatic heterocycles. The lowest BCUT2D eigenvalue weighted by atomic mass is 10.0. The summed E-state index contributed by atoms with van der Waals surface area (Å²) in [6, 6.07) is 17.3. The summed E-state index contributed by atoms with van der Waals surface area (Å²) in [6.07, 6.45) is 20.4. The van der Waals surface area contributed by atoms with Gasteiger partial charge in [-0.25, -0.2) is 4.70 Å². The molecule has 0 saturated carbocycles. The van der Waals surface area contributed by atoms with Gasteiger partial charge in [0.1, 0.15) is 5.57 Å². The zero-order valence-electron chi connectivity index (χ0n) is 24.2. The van der Waals surface area contributed by atoms with E-state index in [4.69, 9.17) is 0 Å². The third-order valence-corrected chi connectivity index (χ3v) is 7.47. The minimum absolute atomic E-state index is 0.792. The number of hydrogen-bond acceptors (Lipinski definition) is 0. The predicted octanol–water partition coefficient (Wildman–Crippen LogP) is 10.7. The molecule has 0 saturated heterocycles. The van der Waals surface area contributed by atoms with Gasteiger partial charge in [-0.1, -0.05) is 115 Å². The number of aryl methyl sites for hydroxylation is 2. The van der Waals surface area contributed by atoms with Crippen LogP contribution in [0.3, 0.4) is 0 Å². The summed E-state index contributed by atoms with van der Waals surface area (Å²) in [4.78, 5) is 0. The SMILES string of the molecule is CCCCCCCCCCC#CC1=C(c2ccc(CCCC)cc2)[N+](=[N-])C(c2ccc(CCCC)cc2)=C1. The lowest BCUT2D eigenvalue weighted by Gasteiger charge is -2.10. The fourth-order valence-electron chi connectivity index (χ4n) is 5.02. The smallest absolute Gasteiger partial charge is 0.223 e. The zero-order chi connectivity index (χ0) is 27.0. The Kier molecular flexibility index (Phi) is 13.1. The minimum Gasteiger partial charge on any atom is -0.493 e. The molecule has 202 valence electrons. The maximum atomic E-state index is 11.3. The highest BCUT2D eigenvalue weighted by atomic mass is 15.2. The molecule has 0 N–H and O–H groups in total. The first-order chi connectivity index (χ1) is 18.7. The van der Waals surface area contributed by atoms with Gasteiger partial charge in [-0.05, 0) is 67.5 Å². The molecule has 0 spiro atoms. The van der Waals surface area contributed by atoms with Gasteiger partial charge in [0.05, 0.1) is 0 Å². The van der Waals surface area contributed by atoms with E-state index >= 15 is 0 Å². The van der Waals surface area contributed by atoms with Crippen molar-refractivity contribution in [2.24, 2.45) is 0 Å². The molecule has 0 fully saturated rings. The van der Waals surface area contributed by atoms with Crippen molar-refractivity contribution < 1.29 is 4.70 Å². The number of rotatable bonds is 16. The van der Waals surface area contributed by atoms with Crippen LogP contribution in [-0.4, -0.2) is 4.70 Å². The van der Waals surface area contributed by atoms with Crippen molar-refractivity contribution in [3.05, 3.63) is 88.0 Å². The van der Waals surface area contributed by atoms with Crippen LogP contribution in [0.4, 0.5) is 0 Å². The number of allylic oxidation sites excluding steroid dienone is 2. The van der Waals surface area contributed by atoms with Crippen LogP contribution in [-0.2, 0) is 12.8 Å². The summed E-state index contributed by atoms with van der Waals surface area (Å²) < 4.78 is 1.35. The normalized spacial score (nSPS) is 13.0. The van der Waals surface area contributed by atoms with E-state index in [2.05, 4.69) is 87.2 Å². The van der Waals surface area contributed by atoms with Crippen molar-refractivity contribution in [1.29, 1.82) is 0 Å². The molecule has 1 aliphatic rings. The lowest BCUT2D eigenvalue weighted by molar-refractivity contribution is -0.344. The molecule has 0 radical (unpaired) electrons. The summed E-state index contributed by atoms with van der Waals surface area (Å²) in [5.41, 5.74) is 18.6. The first kappa shape index (κ1) is 29.6. The first-order valence-corrected chi connectivity index (χ1v) is 15.3. The van der Waals surface area contributed by atoms with Gasteiger partial charge in [-0.3, -0.25) is 0 Å². The van der Waals surface area contributed by atoms with Crippen molar-refractivity contribution in [3.8, 4) is 11.8 Å². The molecule has 2 nitrogen and oxygen atoms in total. The molecule has 1 heterocycles. The maximum absolute atomic E-state index is 11.3. The van der Waals surface area contributed by atoms with E-state index in [0.717, 1.165) is 53.8 Å². The van der Waals surface area contributed by atoms with Crippen LogP contribution in [0.1, 0.15) is 126 Å². The molecular formula is C36H48N2. The first-order valence-electron chi connectivity index (χ1n) is 15.3. The monoisotopic (exact) mass is 508 g/mol. The van der Waals surface area contributed by atoms with Gasteiger partial charge in [0, 0.05) is 23.6 Å². The van der Waals surface area contributed by atoms with Gasteiger partial charge < -0.3 is 5.53 Å². The average molecular weight is 509 g/mol. The van der Waals surface area contributed by atoms with Gasteiger partial charge in [0.25, 0.3) is 0 Å². The molecule has 0 aromatic heterocycles. The zero-order valence-corrected chi connectivity index (χ0v) is 24.2. The van der Waals surface area contributed by atoms with Crippen LogP contribution in [0.2, 0.25) is 0 Å². The van der Waals surface area contributed by atoms with Crippen molar-refractivity contribution in [3.63, 3.8) is 0 Å². The quantitative estimate of drug-likeness (QED) is 0.122. The Balaban J connectivity index is 1.73. The fourth-order valence-corrected chi connectivity index (χ4v) is 5.02.